The Morgan fingerprint density at radius 2 is 1.75 bits per heavy atom. The minimum Gasteiger partial charge on any atom is -0.479 e. The van der Waals surface area contributed by atoms with E-state index in [4.69, 9.17) is 5.11 Å². The summed E-state index contributed by atoms with van der Waals surface area (Å²) in [5.41, 5.74) is -3.47. The van der Waals surface area contributed by atoms with Gasteiger partial charge in [-0.1, -0.05) is 0 Å². The maximum Gasteiger partial charge on any atom is 0.422 e. The molecule has 0 spiro atoms. The molecule has 0 aromatic rings. The van der Waals surface area contributed by atoms with E-state index in [1.807, 2.05) is 10.0 Å². The van der Waals surface area contributed by atoms with E-state index in [0.717, 1.165) is 7.05 Å². The predicted molar refractivity (Wildman–Crippen MR) is 61.5 cm³/mol. The highest BCUT2D eigenvalue weighted by Gasteiger charge is 2.58. The molecular weight excluding hydrogens is 307 g/mol. The number of aliphatic carboxylic acids is 1. The first-order valence-corrected chi connectivity index (χ1v) is 6.78. The summed E-state index contributed by atoms with van der Waals surface area (Å²) in [6.07, 6.45) is -5.22. The molecule has 0 aliphatic carbocycles. The molecule has 8 nitrogen and oxygen atoms in total. The van der Waals surface area contributed by atoms with Gasteiger partial charge in [0.05, 0.1) is 5.75 Å². The van der Waals surface area contributed by atoms with Crippen molar-refractivity contribution in [3.8, 4) is 0 Å². The van der Waals surface area contributed by atoms with E-state index in [1.54, 1.807) is 0 Å². The topological polar surface area (TPSA) is 125 Å². The fourth-order valence-electron chi connectivity index (χ4n) is 0.918. The van der Waals surface area contributed by atoms with E-state index in [9.17, 15) is 31.2 Å². The molecule has 1 atom stereocenters. The first-order chi connectivity index (χ1) is 8.85. The number of carbonyl (C=O) groups excluding carboxylic acids is 1. The summed E-state index contributed by atoms with van der Waals surface area (Å²) in [6, 6.07) is -1.45. The minimum atomic E-state index is -5.22. The number of urea groups is 1. The SMILES string of the molecule is CNS(=O)(=O)CCNC(=O)NC(C)(C(=O)O)C(F)(F)F. The summed E-state index contributed by atoms with van der Waals surface area (Å²) >= 11 is 0. The zero-order chi connectivity index (χ0) is 16.2. The maximum atomic E-state index is 12.6. The van der Waals surface area contributed by atoms with Gasteiger partial charge in [-0.2, -0.15) is 13.2 Å². The molecule has 4 N–H and O–H groups in total. The van der Waals surface area contributed by atoms with Gasteiger partial charge in [-0.05, 0) is 14.0 Å². The van der Waals surface area contributed by atoms with Crippen LogP contribution in [0.2, 0.25) is 0 Å². The van der Waals surface area contributed by atoms with Crippen LogP contribution in [0.15, 0.2) is 0 Å². The van der Waals surface area contributed by atoms with E-state index in [2.05, 4.69) is 0 Å². The summed E-state index contributed by atoms with van der Waals surface area (Å²) < 4.78 is 61.5. The summed E-state index contributed by atoms with van der Waals surface area (Å²) in [4.78, 5) is 21.8. The monoisotopic (exact) mass is 321 g/mol. The first kappa shape index (κ1) is 18.4. The Morgan fingerprint density at radius 1 is 1.25 bits per heavy atom. The van der Waals surface area contributed by atoms with E-state index in [-0.39, 0.29) is 6.92 Å². The molecular formula is C8H14F3N3O5S. The molecule has 0 fully saturated rings. The molecule has 12 heteroatoms. The Balaban J connectivity index is 4.63. The molecule has 0 bridgehead atoms. The maximum absolute atomic E-state index is 12.6. The van der Waals surface area contributed by atoms with Crippen LogP contribution in [0.1, 0.15) is 6.92 Å². The van der Waals surface area contributed by atoms with Gasteiger partial charge in [0.1, 0.15) is 0 Å². The van der Waals surface area contributed by atoms with Gasteiger partial charge in [-0.15, -0.1) is 0 Å². The molecule has 0 aliphatic rings. The molecule has 0 radical (unpaired) electrons. The molecule has 0 rings (SSSR count). The van der Waals surface area contributed by atoms with Crippen molar-refractivity contribution in [1.82, 2.24) is 15.4 Å². The fourth-order valence-corrected chi connectivity index (χ4v) is 1.49. The van der Waals surface area contributed by atoms with Crippen LogP contribution in [0.4, 0.5) is 18.0 Å². The van der Waals surface area contributed by atoms with Crippen molar-refractivity contribution >= 4 is 22.0 Å². The summed E-state index contributed by atoms with van der Waals surface area (Å²) in [7, 11) is -2.51. The molecule has 0 heterocycles. The molecule has 0 saturated heterocycles. The number of amides is 2. The fraction of sp³-hybridized carbons (Fsp3) is 0.750. The van der Waals surface area contributed by atoms with Crippen LogP contribution in [0, 0.1) is 0 Å². The minimum absolute atomic E-state index is 0.277. The van der Waals surface area contributed by atoms with Gasteiger partial charge in [0.2, 0.25) is 15.6 Å². The number of carbonyl (C=O) groups is 2. The Bertz CT molecular complexity index is 478. The molecule has 2 amide bonds. The van der Waals surface area contributed by atoms with Crippen LogP contribution in [-0.2, 0) is 14.8 Å². The average molecular weight is 321 g/mol. The van der Waals surface area contributed by atoms with Crippen LogP contribution in [0.25, 0.3) is 0 Å². The number of sulfonamides is 1. The van der Waals surface area contributed by atoms with Crippen LogP contribution in [0.3, 0.4) is 0 Å². The molecule has 0 saturated carbocycles. The zero-order valence-electron chi connectivity index (χ0n) is 10.5. The number of carboxylic acids is 1. The van der Waals surface area contributed by atoms with Crippen LogP contribution in [-0.4, -0.2) is 56.6 Å². The third-order valence-corrected chi connectivity index (χ3v) is 3.69. The zero-order valence-corrected chi connectivity index (χ0v) is 11.4. The molecule has 20 heavy (non-hydrogen) atoms. The summed E-state index contributed by atoms with van der Waals surface area (Å²) in [5, 5.41) is 11.6. The van der Waals surface area contributed by atoms with Crippen molar-refractivity contribution in [2.24, 2.45) is 0 Å². The van der Waals surface area contributed by atoms with Crippen LogP contribution < -0.4 is 15.4 Å². The normalized spacial score (nSPS) is 15.2. The lowest BCUT2D eigenvalue weighted by molar-refractivity contribution is -0.203. The van der Waals surface area contributed by atoms with Gasteiger partial charge in [-0.3, -0.25) is 0 Å². The summed E-state index contributed by atoms with van der Waals surface area (Å²) in [5.74, 6) is -2.85. The van der Waals surface area contributed by atoms with Gasteiger partial charge in [0.25, 0.3) is 0 Å². The van der Waals surface area contributed by atoms with Crippen molar-refractivity contribution < 1.29 is 36.3 Å². The second-order valence-corrected chi connectivity index (χ2v) is 5.88. The smallest absolute Gasteiger partial charge is 0.422 e. The standard InChI is InChI=1S/C8H14F3N3O5S/c1-7(5(15)16,8(9,10)11)14-6(17)13-3-4-20(18,19)12-2/h12H,3-4H2,1-2H3,(H,15,16)(H2,13,14,17). The number of rotatable bonds is 6. The number of carboxylic acid groups (broad SMARTS) is 1. The average Bonchev–Trinajstić information content (AvgIpc) is 2.26. The van der Waals surface area contributed by atoms with Gasteiger partial charge >= 0.3 is 18.2 Å². The van der Waals surface area contributed by atoms with Gasteiger partial charge in [0, 0.05) is 6.54 Å². The molecule has 1 unspecified atom stereocenters. The Hall–Kier alpha value is -1.56. The van der Waals surface area contributed by atoms with Gasteiger partial charge < -0.3 is 15.7 Å². The lowest BCUT2D eigenvalue weighted by Crippen LogP contribution is -2.63. The van der Waals surface area contributed by atoms with Crippen molar-refractivity contribution in [1.29, 1.82) is 0 Å². The molecule has 0 aromatic carbocycles. The first-order valence-electron chi connectivity index (χ1n) is 5.13. The number of alkyl halides is 3. The van der Waals surface area contributed by atoms with Crippen molar-refractivity contribution in [3.63, 3.8) is 0 Å². The third kappa shape index (κ3) is 4.85. The Kier molecular flexibility index (Phi) is 5.77. The number of hydrogen-bond donors (Lipinski definition) is 4. The highest BCUT2D eigenvalue weighted by molar-refractivity contribution is 7.89. The number of nitrogens with one attached hydrogen (secondary N) is 3. The lowest BCUT2D eigenvalue weighted by atomic mass is 10.0. The second kappa shape index (κ2) is 6.26. The van der Waals surface area contributed by atoms with E-state index < -0.39 is 46.0 Å². The van der Waals surface area contributed by atoms with Gasteiger partial charge in [0.15, 0.2) is 0 Å². The largest absolute Gasteiger partial charge is 0.479 e. The van der Waals surface area contributed by atoms with Crippen LogP contribution >= 0.6 is 0 Å². The van der Waals surface area contributed by atoms with Gasteiger partial charge in [-0.25, -0.2) is 22.7 Å². The third-order valence-electron chi connectivity index (χ3n) is 2.33. The van der Waals surface area contributed by atoms with Crippen molar-refractivity contribution in [2.75, 3.05) is 19.3 Å². The Labute approximate surface area is 112 Å². The van der Waals surface area contributed by atoms with E-state index >= 15 is 0 Å². The molecule has 0 aromatic heterocycles. The highest BCUT2D eigenvalue weighted by atomic mass is 32.2. The number of hydrogen-bond acceptors (Lipinski definition) is 4. The second-order valence-electron chi connectivity index (χ2n) is 3.83. The van der Waals surface area contributed by atoms with Crippen LogP contribution in [0.5, 0.6) is 0 Å². The summed E-state index contributed by atoms with van der Waals surface area (Å²) in [6.45, 7) is -0.207. The van der Waals surface area contributed by atoms with E-state index in [1.165, 1.54) is 5.32 Å². The molecule has 118 valence electrons. The number of halogens is 3. The van der Waals surface area contributed by atoms with Crippen molar-refractivity contribution in [2.45, 2.75) is 18.6 Å². The van der Waals surface area contributed by atoms with E-state index in [0.29, 0.717) is 0 Å². The lowest BCUT2D eigenvalue weighted by Gasteiger charge is -2.28. The molecule has 0 aliphatic heterocycles. The van der Waals surface area contributed by atoms with Crippen molar-refractivity contribution in [3.05, 3.63) is 0 Å². The predicted octanol–water partition coefficient (Wildman–Crippen LogP) is -0.760. The highest BCUT2D eigenvalue weighted by Crippen LogP contribution is 2.30. The quantitative estimate of drug-likeness (QED) is 0.512. The Morgan fingerprint density at radius 3 is 2.10 bits per heavy atom.